The first-order valence-electron chi connectivity index (χ1n) is 5.47. The molecule has 0 bridgehead atoms. The van der Waals surface area contributed by atoms with Crippen molar-refractivity contribution < 1.29 is 4.79 Å². The highest BCUT2D eigenvalue weighted by atomic mass is 16.1. The molecule has 0 aromatic rings. The van der Waals surface area contributed by atoms with E-state index in [1.165, 1.54) is 12.8 Å². The molecule has 1 heteroatoms. The van der Waals surface area contributed by atoms with Crippen LogP contribution >= 0.6 is 0 Å². The topological polar surface area (TPSA) is 17.1 Å². The van der Waals surface area contributed by atoms with Crippen molar-refractivity contribution in [3.63, 3.8) is 0 Å². The molecule has 2 unspecified atom stereocenters. The Morgan fingerprint density at radius 3 is 2.23 bits per heavy atom. The van der Waals surface area contributed by atoms with Gasteiger partial charge in [0.25, 0.3) is 0 Å². The molecule has 0 aliphatic heterocycles. The first kappa shape index (κ1) is 12.7. The summed E-state index contributed by atoms with van der Waals surface area (Å²) in [5.41, 5.74) is -0.0660. The molecule has 0 rings (SSSR count). The van der Waals surface area contributed by atoms with E-state index in [0.29, 0.717) is 5.78 Å². The number of hydrogen-bond donors (Lipinski definition) is 0. The van der Waals surface area contributed by atoms with Gasteiger partial charge in [-0.3, -0.25) is 4.79 Å². The maximum Gasteiger partial charge on any atom is 0.135 e. The fourth-order valence-corrected chi connectivity index (χ4v) is 1.37. The number of hydrogen-bond acceptors (Lipinski definition) is 1. The van der Waals surface area contributed by atoms with E-state index in [1.54, 1.807) is 6.92 Å². The lowest BCUT2D eigenvalue weighted by Crippen LogP contribution is -2.25. The molecule has 0 aliphatic carbocycles. The second-order valence-electron chi connectivity index (χ2n) is 4.52. The van der Waals surface area contributed by atoms with E-state index in [4.69, 9.17) is 0 Å². The zero-order chi connectivity index (χ0) is 10.5. The fraction of sp³-hybridized carbons (Fsp3) is 0.917. The zero-order valence-electron chi connectivity index (χ0n) is 9.81. The highest BCUT2D eigenvalue weighted by Gasteiger charge is 2.27. The van der Waals surface area contributed by atoms with Gasteiger partial charge in [0, 0.05) is 5.41 Å². The van der Waals surface area contributed by atoms with Gasteiger partial charge in [-0.1, -0.05) is 34.1 Å². The molecule has 0 amide bonds. The molecule has 0 fully saturated rings. The van der Waals surface area contributed by atoms with Crippen LogP contribution in [0.1, 0.15) is 60.3 Å². The van der Waals surface area contributed by atoms with Gasteiger partial charge in [0.15, 0.2) is 0 Å². The van der Waals surface area contributed by atoms with Gasteiger partial charge in [0.1, 0.15) is 5.78 Å². The van der Waals surface area contributed by atoms with Crippen molar-refractivity contribution in [2.75, 3.05) is 0 Å². The van der Waals surface area contributed by atoms with Crippen molar-refractivity contribution in [1.82, 2.24) is 0 Å². The van der Waals surface area contributed by atoms with Crippen molar-refractivity contribution in [2.45, 2.75) is 60.3 Å². The van der Waals surface area contributed by atoms with Crippen LogP contribution < -0.4 is 0 Å². The summed E-state index contributed by atoms with van der Waals surface area (Å²) in [6, 6.07) is 0. The minimum atomic E-state index is -0.0660. The Morgan fingerprint density at radius 2 is 1.92 bits per heavy atom. The summed E-state index contributed by atoms with van der Waals surface area (Å²) < 4.78 is 0. The molecule has 0 radical (unpaired) electrons. The molecule has 0 saturated carbocycles. The SMILES string of the molecule is CCC(C)CCC(C)(CC)C(C)=O. The van der Waals surface area contributed by atoms with E-state index in [-0.39, 0.29) is 5.41 Å². The Morgan fingerprint density at radius 1 is 1.38 bits per heavy atom. The molecule has 0 aliphatic rings. The van der Waals surface area contributed by atoms with Crippen LogP contribution in [0.2, 0.25) is 0 Å². The van der Waals surface area contributed by atoms with E-state index < -0.39 is 0 Å². The third-order valence-electron chi connectivity index (χ3n) is 3.52. The van der Waals surface area contributed by atoms with Crippen LogP contribution in [0.25, 0.3) is 0 Å². The molecule has 0 aromatic heterocycles. The van der Waals surface area contributed by atoms with Gasteiger partial charge in [0.2, 0.25) is 0 Å². The van der Waals surface area contributed by atoms with E-state index in [1.807, 2.05) is 0 Å². The molecule has 78 valence electrons. The second kappa shape index (κ2) is 5.41. The van der Waals surface area contributed by atoms with Crippen molar-refractivity contribution in [3.8, 4) is 0 Å². The number of carbonyl (C=O) groups is 1. The van der Waals surface area contributed by atoms with E-state index >= 15 is 0 Å². The Bertz CT molecular complexity index is 163. The Balaban J connectivity index is 4.05. The maximum absolute atomic E-state index is 11.4. The second-order valence-corrected chi connectivity index (χ2v) is 4.52. The van der Waals surface area contributed by atoms with Gasteiger partial charge in [-0.15, -0.1) is 0 Å². The minimum absolute atomic E-state index is 0.0660. The van der Waals surface area contributed by atoms with E-state index in [9.17, 15) is 4.79 Å². The predicted molar refractivity (Wildman–Crippen MR) is 57.8 cm³/mol. The summed E-state index contributed by atoms with van der Waals surface area (Å²) >= 11 is 0. The van der Waals surface area contributed by atoms with Gasteiger partial charge in [0.05, 0.1) is 0 Å². The minimum Gasteiger partial charge on any atom is -0.299 e. The summed E-state index contributed by atoms with van der Waals surface area (Å²) in [6.07, 6.45) is 4.42. The van der Waals surface area contributed by atoms with Crippen LogP contribution in [-0.4, -0.2) is 5.78 Å². The summed E-state index contributed by atoms with van der Waals surface area (Å²) in [7, 11) is 0. The third kappa shape index (κ3) is 3.93. The smallest absolute Gasteiger partial charge is 0.135 e. The van der Waals surface area contributed by atoms with Crippen LogP contribution in [0.5, 0.6) is 0 Å². The van der Waals surface area contributed by atoms with Gasteiger partial charge in [-0.2, -0.15) is 0 Å². The van der Waals surface area contributed by atoms with Crippen LogP contribution in [0.4, 0.5) is 0 Å². The Hall–Kier alpha value is -0.330. The normalized spacial score (nSPS) is 17.9. The average molecular weight is 184 g/mol. The molecular weight excluding hydrogens is 160 g/mol. The van der Waals surface area contributed by atoms with Crippen molar-refractivity contribution in [2.24, 2.45) is 11.3 Å². The summed E-state index contributed by atoms with van der Waals surface area (Å²) in [4.78, 5) is 11.4. The number of carbonyl (C=O) groups excluding carboxylic acids is 1. The largest absolute Gasteiger partial charge is 0.299 e. The van der Waals surface area contributed by atoms with Gasteiger partial charge in [-0.05, 0) is 32.1 Å². The number of ketones is 1. The van der Waals surface area contributed by atoms with Crippen LogP contribution in [-0.2, 0) is 4.79 Å². The van der Waals surface area contributed by atoms with Crippen LogP contribution in [0.15, 0.2) is 0 Å². The summed E-state index contributed by atoms with van der Waals surface area (Å²) in [5, 5.41) is 0. The first-order chi connectivity index (χ1) is 5.96. The van der Waals surface area contributed by atoms with Gasteiger partial charge >= 0.3 is 0 Å². The first-order valence-corrected chi connectivity index (χ1v) is 5.47. The van der Waals surface area contributed by atoms with E-state index in [2.05, 4.69) is 27.7 Å². The van der Waals surface area contributed by atoms with Crippen LogP contribution in [0.3, 0.4) is 0 Å². The zero-order valence-corrected chi connectivity index (χ0v) is 9.81. The molecule has 0 spiro atoms. The summed E-state index contributed by atoms with van der Waals surface area (Å²) in [6.45, 7) is 10.4. The van der Waals surface area contributed by atoms with Crippen molar-refractivity contribution in [3.05, 3.63) is 0 Å². The molecule has 0 N–H and O–H groups in total. The highest BCUT2D eigenvalue weighted by Crippen LogP contribution is 2.30. The molecule has 1 nitrogen and oxygen atoms in total. The van der Waals surface area contributed by atoms with Crippen molar-refractivity contribution in [1.29, 1.82) is 0 Å². The molecule has 0 aromatic carbocycles. The number of rotatable bonds is 6. The quantitative estimate of drug-likeness (QED) is 0.613. The van der Waals surface area contributed by atoms with Gasteiger partial charge in [-0.25, -0.2) is 0 Å². The monoisotopic (exact) mass is 184 g/mol. The molecule has 0 saturated heterocycles. The lowest BCUT2D eigenvalue weighted by Gasteiger charge is -2.26. The summed E-state index contributed by atoms with van der Waals surface area (Å²) in [5.74, 6) is 1.10. The fourth-order valence-electron chi connectivity index (χ4n) is 1.37. The van der Waals surface area contributed by atoms with Crippen molar-refractivity contribution >= 4 is 5.78 Å². The standard InChI is InChI=1S/C12H24O/c1-6-10(3)8-9-12(5,7-2)11(4)13/h10H,6-9H2,1-5H3. The predicted octanol–water partition coefficient (Wildman–Crippen LogP) is 3.82. The number of Topliss-reactive ketones (excluding diaryl/α,β-unsaturated/α-hetero) is 1. The highest BCUT2D eigenvalue weighted by molar-refractivity contribution is 5.81. The molecule has 13 heavy (non-hydrogen) atoms. The lowest BCUT2D eigenvalue weighted by atomic mass is 9.77. The molecular formula is C12H24O. The van der Waals surface area contributed by atoms with Crippen LogP contribution in [0, 0.1) is 11.3 Å². The average Bonchev–Trinajstić information content (AvgIpc) is 2.13. The molecule has 2 atom stereocenters. The lowest BCUT2D eigenvalue weighted by molar-refractivity contribution is -0.126. The van der Waals surface area contributed by atoms with Gasteiger partial charge < -0.3 is 0 Å². The van der Waals surface area contributed by atoms with E-state index in [0.717, 1.165) is 18.8 Å². The Labute approximate surface area is 82.9 Å². The third-order valence-corrected chi connectivity index (χ3v) is 3.52. The molecule has 0 heterocycles. The maximum atomic E-state index is 11.4. The Kier molecular flexibility index (Phi) is 5.27.